The van der Waals surface area contributed by atoms with E-state index in [1.165, 1.54) is 25.7 Å². The third-order valence-electron chi connectivity index (χ3n) is 8.24. The van der Waals surface area contributed by atoms with Gasteiger partial charge in [0.15, 0.2) is 0 Å². The van der Waals surface area contributed by atoms with Crippen LogP contribution in [-0.2, 0) is 20.7 Å². The van der Waals surface area contributed by atoms with Gasteiger partial charge in [0.1, 0.15) is 0 Å². The van der Waals surface area contributed by atoms with E-state index in [0.717, 1.165) is 37.6 Å². The zero-order valence-corrected chi connectivity index (χ0v) is 31.2. The summed E-state index contributed by atoms with van der Waals surface area (Å²) < 4.78 is 9.89. The van der Waals surface area contributed by atoms with E-state index in [9.17, 15) is 10.2 Å². The van der Waals surface area contributed by atoms with Crippen molar-refractivity contribution in [3.63, 3.8) is 0 Å². The average molecular weight is 607 g/mol. The molecule has 4 rings (SSSR count). The number of hydrogen-bond acceptors (Lipinski definition) is 4. The first-order valence-electron chi connectivity index (χ1n) is 15.9. The maximum absolute atomic E-state index is 13.3. The Hall–Kier alpha value is -0.954. The molecule has 0 amide bonds. The van der Waals surface area contributed by atoms with Crippen LogP contribution < -0.4 is 10.2 Å². The molecule has 2 aliphatic rings. The Bertz CT molecular complexity index is 858. The van der Waals surface area contributed by atoms with Crippen molar-refractivity contribution in [1.29, 1.82) is 0 Å². The van der Waals surface area contributed by atoms with E-state index in [0.29, 0.717) is 0 Å². The van der Waals surface area contributed by atoms with Crippen molar-refractivity contribution >= 4 is 23.1 Å². The van der Waals surface area contributed by atoms with E-state index in [1.54, 1.807) is 0 Å². The molecular weight excluding hydrogens is 545 g/mol. The van der Waals surface area contributed by atoms with Gasteiger partial charge in [0.05, 0.1) is 0 Å². The SMILES string of the molecule is C1CCOC1.C1CCOC1.CC(C)(C)C([O-])(c1ccccc1)C(C)(C)C.CC(C)(C)C([O-])(c1ccccc1)C(C)(C)C.[Mg+2]. The van der Waals surface area contributed by atoms with E-state index in [2.05, 4.69) is 0 Å². The molecule has 5 heteroatoms. The molecule has 43 heavy (non-hydrogen) atoms. The molecule has 0 N–H and O–H groups in total. The predicted octanol–water partition coefficient (Wildman–Crippen LogP) is 7.88. The standard InChI is InChI=1S/2C15H23O.2C4H8O.Mg/c2*1-13(2,3)15(16,14(4,5)6)12-10-8-7-9-11-12;2*1-2-4-5-3-1;/h2*7-11H,1-6H3;2*1-4H2;/q2*-1;;;+2. The van der Waals surface area contributed by atoms with Crippen LogP contribution in [0.3, 0.4) is 0 Å². The van der Waals surface area contributed by atoms with Crippen molar-refractivity contribution in [2.45, 2.75) is 120 Å². The summed E-state index contributed by atoms with van der Waals surface area (Å²) in [5.74, 6) is 0. The summed E-state index contributed by atoms with van der Waals surface area (Å²) >= 11 is 0. The molecule has 0 aliphatic carbocycles. The number of rotatable bonds is 2. The molecule has 2 aliphatic heterocycles. The average Bonchev–Trinajstić information content (AvgIpc) is 3.66. The summed E-state index contributed by atoms with van der Waals surface area (Å²) in [6.07, 6.45) is 5.11. The summed E-state index contributed by atoms with van der Waals surface area (Å²) in [7, 11) is 0. The van der Waals surface area contributed by atoms with Gasteiger partial charge in [0, 0.05) is 26.4 Å². The van der Waals surface area contributed by atoms with E-state index in [1.807, 2.05) is 144 Å². The van der Waals surface area contributed by atoms with Crippen molar-refractivity contribution in [3.8, 4) is 0 Å². The smallest absolute Gasteiger partial charge is 0.845 e. The molecule has 0 bridgehead atoms. The molecule has 0 saturated carbocycles. The summed E-state index contributed by atoms with van der Waals surface area (Å²) in [6.45, 7) is 28.3. The zero-order chi connectivity index (χ0) is 32.3. The third kappa shape index (κ3) is 11.7. The molecule has 2 saturated heterocycles. The summed E-state index contributed by atoms with van der Waals surface area (Å²) in [4.78, 5) is 0. The molecule has 0 spiro atoms. The van der Waals surface area contributed by atoms with Gasteiger partial charge in [-0.3, -0.25) is 0 Å². The van der Waals surface area contributed by atoms with Crippen molar-refractivity contribution in [1.82, 2.24) is 0 Å². The van der Waals surface area contributed by atoms with Crippen LogP contribution in [-0.4, -0.2) is 49.5 Å². The van der Waals surface area contributed by atoms with Gasteiger partial charge in [-0.2, -0.15) is 0 Å². The Morgan fingerprint density at radius 3 is 0.767 bits per heavy atom. The Morgan fingerprint density at radius 2 is 0.628 bits per heavy atom. The fourth-order valence-corrected chi connectivity index (χ4v) is 6.35. The number of ether oxygens (including phenoxy) is 2. The molecule has 2 fully saturated rings. The van der Waals surface area contributed by atoms with E-state index in [4.69, 9.17) is 9.47 Å². The van der Waals surface area contributed by atoms with Crippen LogP contribution in [0, 0.1) is 21.7 Å². The second-order valence-electron chi connectivity index (χ2n) is 15.7. The Labute approximate surface area is 281 Å². The minimum absolute atomic E-state index is 0. The maximum atomic E-state index is 13.3. The first kappa shape index (κ1) is 42.0. The fourth-order valence-electron chi connectivity index (χ4n) is 6.35. The molecule has 2 aromatic carbocycles. The van der Waals surface area contributed by atoms with Crippen LogP contribution in [0.4, 0.5) is 0 Å². The maximum Gasteiger partial charge on any atom is 2.00 e. The Balaban J connectivity index is 0.000000608. The van der Waals surface area contributed by atoms with Crippen LogP contribution in [0.25, 0.3) is 0 Å². The summed E-state index contributed by atoms with van der Waals surface area (Å²) in [5.41, 5.74) is -1.65. The molecule has 0 atom stereocenters. The Morgan fingerprint density at radius 1 is 0.419 bits per heavy atom. The van der Waals surface area contributed by atoms with Gasteiger partial charge in [-0.1, -0.05) is 166 Å². The van der Waals surface area contributed by atoms with E-state index < -0.39 is 11.2 Å². The second kappa shape index (κ2) is 17.7. The normalized spacial score (nSPS) is 16.0. The topological polar surface area (TPSA) is 64.6 Å². The monoisotopic (exact) mass is 606 g/mol. The van der Waals surface area contributed by atoms with Crippen LogP contribution in [0.1, 0.15) is 120 Å². The number of hydrogen-bond donors (Lipinski definition) is 0. The molecule has 2 aromatic rings. The first-order valence-corrected chi connectivity index (χ1v) is 15.9. The van der Waals surface area contributed by atoms with Crippen molar-refractivity contribution < 1.29 is 19.7 Å². The quantitative estimate of drug-likeness (QED) is 0.326. The largest absolute Gasteiger partial charge is 2.00 e. The van der Waals surface area contributed by atoms with Gasteiger partial charge in [-0.15, -0.1) is 0 Å². The van der Waals surface area contributed by atoms with Crippen molar-refractivity contribution in [2.24, 2.45) is 21.7 Å². The van der Waals surface area contributed by atoms with Gasteiger partial charge in [-0.25, -0.2) is 0 Å². The zero-order valence-electron chi connectivity index (χ0n) is 29.8. The molecule has 2 heterocycles. The van der Waals surface area contributed by atoms with Crippen molar-refractivity contribution in [3.05, 3.63) is 71.8 Å². The van der Waals surface area contributed by atoms with Gasteiger partial charge in [0.25, 0.3) is 0 Å². The Kier molecular flexibility index (Phi) is 17.3. The van der Waals surface area contributed by atoms with E-state index in [-0.39, 0.29) is 44.7 Å². The molecule has 0 aromatic heterocycles. The summed E-state index contributed by atoms with van der Waals surface area (Å²) in [5, 5.41) is 26.7. The second-order valence-corrected chi connectivity index (χ2v) is 15.7. The van der Waals surface area contributed by atoms with Crippen LogP contribution >= 0.6 is 0 Å². The van der Waals surface area contributed by atoms with Gasteiger partial charge in [-0.05, 0) is 47.3 Å². The minimum atomic E-state index is -1.08. The van der Waals surface area contributed by atoms with Gasteiger partial charge in [0.2, 0.25) is 0 Å². The fraction of sp³-hybridized carbons (Fsp3) is 0.684. The molecular formula is C38H62MgO4. The van der Waals surface area contributed by atoms with Gasteiger partial charge < -0.3 is 19.7 Å². The van der Waals surface area contributed by atoms with Gasteiger partial charge >= 0.3 is 23.1 Å². The van der Waals surface area contributed by atoms with Crippen LogP contribution in [0.15, 0.2) is 60.7 Å². The third-order valence-corrected chi connectivity index (χ3v) is 8.24. The first-order chi connectivity index (χ1) is 19.2. The predicted molar refractivity (Wildman–Crippen MR) is 180 cm³/mol. The number of benzene rings is 2. The summed E-state index contributed by atoms with van der Waals surface area (Å²) in [6, 6.07) is 19.5. The van der Waals surface area contributed by atoms with E-state index >= 15 is 0 Å². The molecule has 240 valence electrons. The minimum Gasteiger partial charge on any atom is -0.845 e. The van der Waals surface area contributed by atoms with Crippen molar-refractivity contribution in [2.75, 3.05) is 26.4 Å². The molecule has 4 nitrogen and oxygen atoms in total. The van der Waals surface area contributed by atoms with Crippen LogP contribution in [0.2, 0.25) is 0 Å². The van der Waals surface area contributed by atoms with Crippen LogP contribution in [0.5, 0.6) is 0 Å². The molecule has 0 unspecified atom stereocenters. The molecule has 0 radical (unpaired) electrons.